The Labute approximate surface area is 208 Å². The highest BCUT2D eigenvalue weighted by Crippen LogP contribution is 2.51. The van der Waals surface area contributed by atoms with Crippen LogP contribution in [0.25, 0.3) is 0 Å². The number of ether oxygens (including phenoxy) is 4. The molecule has 0 radical (unpaired) electrons. The molecule has 200 valence electrons. The maximum Gasteiger partial charge on any atom is 0.333 e. The van der Waals surface area contributed by atoms with Gasteiger partial charge in [0.2, 0.25) is 0 Å². The van der Waals surface area contributed by atoms with E-state index in [1.807, 2.05) is 6.92 Å². The average molecular weight is 511 g/mol. The van der Waals surface area contributed by atoms with Crippen molar-refractivity contribution in [3.05, 3.63) is 23.8 Å². The van der Waals surface area contributed by atoms with Gasteiger partial charge in [0, 0.05) is 23.3 Å². The largest absolute Gasteiger partial charge is 0.461 e. The molecule has 12 atom stereocenters. The molecule has 4 rings (SSSR count). The summed E-state index contributed by atoms with van der Waals surface area (Å²) in [6, 6.07) is 0. The molecule has 11 nitrogen and oxygen atoms in total. The molecule has 0 aromatic rings. The summed E-state index contributed by atoms with van der Waals surface area (Å²) in [5.74, 6) is -3.50. The molecular formula is C25H34O11. The van der Waals surface area contributed by atoms with Crippen molar-refractivity contribution in [1.29, 1.82) is 0 Å². The zero-order valence-corrected chi connectivity index (χ0v) is 20.5. The lowest BCUT2D eigenvalue weighted by Gasteiger charge is -2.40. The van der Waals surface area contributed by atoms with E-state index in [4.69, 9.17) is 18.9 Å². The van der Waals surface area contributed by atoms with Gasteiger partial charge in [0.15, 0.2) is 12.1 Å². The van der Waals surface area contributed by atoms with Crippen molar-refractivity contribution in [3.63, 3.8) is 0 Å². The molecule has 3 fully saturated rings. The number of rotatable bonds is 6. The first-order chi connectivity index (χ1) is 17.0. The Balaban J connectivity index is 1.58. The lowest BCUT2D eigenvalue weighted by molar-refractivity contribution is -0.299. The van der Waals surface area contributed by atoms with Crippen LogP contribution in [0.5, 0.6) is 0 Å². The highest BCUT2D eigenvalue weighted by Gasteiger charge is 2.59. The van der Waals surface area contributed by atoms with E-state index >= 15 is 0 Å². The molecule has 4 N–H and O–H groups in total. The van der Waals surface area contributed by atoms with Crippen LogP contribution in [-0.4, -0.2) is 94.3 Å². The van der Waals surface area contributed by atoms with Crippen LogP contribution in [0, 0.1) is 29.6 Å². The Morgan fingerprint density at radius 1 is 1.14 bits per heavy atom. The summed E-state index contributed by atoms with van der Waals surface area (Å²) in [5, 5.41) is 39.7. The average Bonchev–Trinajstić information content (AvgIpc) is 3.27. The number of fused-ring (bicyclic) bond motifs is 3. The molecule has 2 aliphatic carbocycles. The fourth-order valence-electron chi connectivity index (χ4n) is 6.00. The first-order valence-electron chi connectivity index (χ1n) is 12.2. The van der Waals surface area contributed by atoms with Gasteiger partial charge in [-0.05, 0) is 30.9 Å². The lowest BCUT2D eigenvalue weighted by Crippen LogP contribution is -2.59. The van der Waals surface area contributed by atoms with Crippen LogP contribution in [0.1, 0.15) is 27.2 Å². The monoisotopic (exact) mass is 510 g/mol. The Kier molecular flexibility index (Phi) is 7.70. The van der Waals surface area contributed by atoms with Gasteiger partial charge in [-0.3, -0.25) is 9.59 Å². The molecule has 0 spiro atoms. The summed E-state index contributed by atoms with van der Waals surface area (Å²) in [7, 11) is 0. The highest BCUT2D eigenvalue weighted by atomic mass is 16.7. The van der Waals surface area contributed by atoms with Crippen LogP contribution >= 0.6 is 0 Å². The Hall–Kier alpha value is -2.15. The summed E-state index contributed by atoms with van der Waals surface area (Å²) in [4.78, 5) is 38.1. The normalized spacial score (nSPS) is 44.2. The Bertz CT molecular complexity index is 942. The first-order valence-corrected chi connectivity index (χ1v) is 12.2. The summed E-state index contributed by atoms with van der Waals surface area (Å²) in [6.45, 7) is 7.98. The van der Waals surface area contributed by atoms with Crippen molar-refractivity contribution in [1.82, 2.24) is 0 Å². The van der Waals surface area contributed by atoms with E-state index in [0.29, 0.717) is 12.0 Å². The quantitative estimate of drug-likeness (QED) is 0.262. The highest BCUT2D eigenvalue weighted by molar-refractivity contribution is 5.96. The third kappa shape index (κ3) is 4.64. The van der Waals surface area contributed by atoms with Crippen LogP contribution in [-0.2, 0) is 33.3 Å². The first kappa shape index (κ1) is 26.9. The second-order valence-corrected chi connectivity index (χ2v) is 10.4. The number of hydrogen-bond acceptors (Lipinski definition) is 11. The molecule has 0 amide bonds. The minimum atomic E-state index is -1.60. The van der Waals surface area contributed by atoms with Crippen LogP contribution in [0.15, 0.2) is 23.8 Å². The summed E-state index contributed by atoms with van der Waals surface area (Å²) in [5.41, 5.74) is 0.753. The lowest BCUT2D eigenvalue weighted by atomic mass is 9.77. The minimum absolute atomic E-state index is 0.166. The van der Waals surface area contributed by atoms with Crippen molar-refractivity contribution < 1.29 is 53.8 Å². The van der Waals surface area contributed by atoms with Gasteiger partial charge >= 0.3 is 11.9 Å². The van der Waals surface area contributed by atoms with Crippen molar-refractivity contribution in [3.8, 4) is 0 Å². The SMILES string of the molecule is C=C(C)C(=O)OC1CC(C)C2C(=O)C=C(COC3OC(CO)C(O)C(O)C3O)C2C2OC(=O)C(C)C12. The second kappa shape index (κ2) is 10.3. The third-order valence-electron chi connectivity index (χ3n) is 7.92. The minimum Gasteiger partial charge on any atom is -0.461 e. The number of allylic oxidation sites excluding steroid dienone is 1. The number of carbonyl (C=O) groups excluding carboxylic acids is 3. The van der Waals surface area contributed by atoms with Gasteiger partial charge in [-0.25, -0.2) is 4.79 Å². The van der Waals surface area contributed by atoms with Gasteiger partial charge in [-0.15, -0.1) is 0 Å². The Morgan fingerprint density at radius 2 is 1.83 bits per heavy atom. The molecule has 4 aliphatic rings. The fraction of sp³-hybridized carbons (Fsp3) is 0.720. The predicted octanol–water partition coefficient (Wildman–Crippen LogP) is -0.750. The van der Waals surface area contributed by atoms with Crippen molar-refractivity contribution >= 4 is 17.7 Å². The van der Waals surface area contributed by atoms with E-state index < -0.39 is 85.1 Å². The molecule has 0 aromatic carbocycles. The smallest absolute Gasteiger partial charge is 0.333 e. The van der Waals surface area contributed by atoms with Crippen molar-refractivity contribution in [2.24, 2.45) is 29.6 Å². The molecular weight excluding hydrogens is 476 g/mol. The van der Waals surface area contributed by atoms with Crippen LogP contribution in [0.2, 0.25) is 0 Å². The van der Waals surface area contributed by atoms with Gasteiger partial charge in [-0.1, -0.05) is 20.4 Å². The van der Waals surface area contributed by atoms with Gasteiger partial charge in [0.05, 0.1) is 19.1 Å². The maximum atomic E-state index is 13.1. The number of carbonyl (C=O) groups is 3. The van der Waals surface area contributed by atoms with Crippen LogP contribution < -0.4 is 0 Å². The number of aliphatic hydroxyl groups is 4. The van der Waals surface area contributed by atoms with Gasteiger partial charge in [0.1, 0.15) is 36.6 Å². The predicted molar refractivity (Wildman–Crippen MR) is 121 cm³/mol. The zero-order chi connectivity index (χ0) is 26.5. The molecule has 2 heterocycles. The molecule has 1 saturated carbocycles. The van der Waals surface area contributed by atoms with Crippen molar-refractivity contribution in [2.45, 2.75) is 70.1 Å². The number of aliphatic hydroxyl groups excluding tert-OH is 4. The summed E-state index contributed by atoms with van der Waals surface area (Å²) >= 11 is 0. The molecule has 2 aliphatic heterocycles. The summed E-state index contributed by atoms with van der Waals surface area (Å²) < 4.78 is 22.6. The van der Waals surface area contributed by atoms with E-state index in [9.17, 15) is 34.8 Å². The number of hydrogen-bond donors (Lipinski definition) is 4. The topological polar surface area (TPSA) is 169 Å². The third-order valence-corrected chi connectivity index (χ3v) is 7.92. The van der Waals surface area contributed by atoms with Gasteiger partial charge in [0.25, 0.3) is 0 Å². The summed E-state index contributed by atoms with van der Waals surface area (Å²) in [6.07, 6.45) is -6.80. The number of ketones is 1. The molecule has 0 bridgehead atoms. The standard InChI is InChI=1S/C25H34O11/c1-9(2)23(31)34-14-5-10(3)16-13(27)6-12(18(16)22-17(14)11(4)24(32)36-22)8-33-25-21(30)20(29)19(28)15(7-26)35-25/h6,10-11,14-22,25-26,28-30H,1,5,7-8H2,2-4H3. The van der Waals surface area contributed by atoms with E-state index in [-0.39, 0.29) is 23.9 Å². The zero-order valence-electron chi connectivity index (χ0n) is 20.5. The molecule has 12 unspecified atom stereocenters. The van der Waals surface area contributed by atoms with Crippen LogP contribution in [0.4, 0.5) is 0 Å². The van der Waals surface area contributed by atoms with Gasteiger partial charge < -0.3 is 39.4 Å². The second-order valence-electron chi connectivity index (χ2n) is 10.4. The van der Waals surface area contributed by atoms with E-state index in [0.717, 1.165) is 0 Å². The molecule has 0 aromatic heterocycles. The maximum absolute atomic E-state index is 13.1. The fourth-order valence-corrected chi connectivity index (χ4v) is 6.00. The van der Waals surface area contributed by atoms with Gasteiger partial charge in [-0.2, -0.15) is 0 Å². The van der Waals surface area contributed by atoms with E-state index in [2.05, 4.69) is 6.58 Å². The Morgan fingerprint density at radius 3 is 2.47 bits per heavy atom. The van der Waals surface area contributed by atoms with Crippen molar-refractivity contribution in [2.75, 3.05) is 13.2 Å². The molecule has 36 heavy (non-hydrogen) atoms. The van der Waals surface area contributed by atoms with Crippen LogP contribution in [0.3, 0.4) is 0 Å². The molecule has 2 saturated heterocycles. The molecule has 11 heteroatoms. The number of esters is 2. The van der Waals surface area contributed by atoms with E-state index in [1.165, 1.54) is 13.0 Å². The van der Waals surface area contributed by atoms with E-state index in [1.54, 1.807) is 6.92 Å².